The van der Waals surface area contributed by atoms with Gasteiger partial charge in [0.2, 0.25) is 0 Å². The van der Waals surface area contributed by atoms with E-state index in [2.05, 4.69) is 9.69 Å². The number of halogens is 1. The van der Waals surface area contributed by atoms with Crippen molar-refractivity contribution >= 4 is 40.6 Å². The third-order valence-corrected chi connectivity index (χ3v) is 6.98. The van der Waals surface area contributed by atoms with Crippen molar-refractivity contribution in [3.8, 4) is 0 Å². The summed E-state index contributed by atoms with van der Waals surface area (Å²) in [4.78, 5) is 40.8. The molecule has 4 rings (SSSR count). The number of carbonyl (C=O) groups is 3. The number of aromatic nitrogens is 1. The maximum absolute atomic E-state index is 14.1. The fourth-order valence-corrected chi connectivity index (χ4v) is 4.75. The second-order valence-corrected chi connectivity index (χ2v) is 10.0. The van der Waals surface area contributed by atoms with E-state index >= 15 is 0 Å². The predicted octanol–water partition coefficient (Wildman–Crippen LogP) is 4.69. The summed E-state index contributed by atoms with van der Waals surface area (Å²) in [5.74, 6) is -1.49. The number of nitrogens with zero attached hydrogens (tertiary/aromatic N) is 2. The van der Waals surface area contributed by atoms with E-state index in [1.807, 2.05) is 26.0 Å². The van der Waals surface area contributed by atoms with Crippen molar-refractivity contribution in [3.63, 3.8) is 0 Å². The normalized spacial score (nSPS) is 11.8. The molecule has 1 atom stereocenters. The molecule has 2 aromatic carbocycles. The van der Waals surface area contributed by atoms with Gasteiger partial charge in [0.15, 0.2) is 11.7 Å². The molecule has 0 aliphatic carbocycles. The van der Waals surface area contributed by atoms with Crippen LogP contribution in [0.1, 0.15) is 68.6 Å². The van der Waals surface area contributed by atoms with Crippen molar-refractivity contribution in [2.45, 2.75) is 39.3 Å². The van der Waals surface area contributed by atoms with Gasteiger partial charge in [-0.3, -0.25) is 19.3 Å². The first-order valence-corrected chi connectivity index (χ1v) is 12.9. The van der Waals surface area contributed by atoms with Crippen LogP contribution in [0, 0.1) is 12.7 Å². The minimum Gasteiger partial charge on any atom is -0.464 e. The van der Waals surface area contributed by atoms with Crippen LogP contribution in [0.4, 0.5) is 15.8 Å². The Bertz CT molecular complexity index is 1500. The Labute approximate surface area is 228 Å². The van der Waals surface area contributed by atoms with Gasteiger partial charge in [0.1, 0.15) is 22.2 Å². The van der Waals surface area contributed by atoms with Crippen molar-refractivity contribution in [3.05, 3.63) is 99.7 Å². The van der Waals surface area contributed by atoms with Gasteiger partial charge in [-0.2, -0.15) is 4.37 Å². The highest BCUT2D eigenvalue weighted by atomic mass is 32.1. The Kier molecular flexibility index (Phi) is 8.10. The first kappa shape index (κ1) is 27.5. The molecule has 39 heavy (non-hydrogen) atoms. The van der Waals surface area contributed by atoms with Crippen molar-refractivity contribution in [1.29, 1.82) is 0 Å². The molecule has 0 aliphatic heterocycles. The molecule has 0 fully saturated rings. The zero-order valence-corrected chi connectivity index (χ0v) is 22.4. The van der Waals surface area contributed by atoms with Crippen LogP contribution >= 0.6 is 11.5 Å². The highest BCUT2D eigenvalue weighted by Crippen LogP contribution is 2.34. The molecule has 0 unspecified atom stereocenters. The van der Waals surface area contributed by atoms with E-state index in [1.165, 1.54) is 17.0 Å². The van der Waals surface area contributed by atoms with Crippen molar-refractivity contribution in [2.24, 2.45) is 5.73 Å². The maximum Gasteiger partial charge on any atom is 0.273 e. The Morgan fingerprint density at radius 2 is 1.72 bits per heavy atom. The largest absolute Gasteiger partial charge is 0.464 e. The number of hydrogen-bond donors (Lipinski definition) is 3. The molecule has 0 saturated carbocycles. The third kappa shape index (κ3) is 5.99. The number of nitrogens with two attached hydrogens (primary N) is 2. The Hall–Kier alpha value is -4.51. The molecule has 9 nitrogen and oxygen atoms in total. The molecule has 5 N–H and O–H groups in total. The van der Waals surface area contributed by atoms with Crippen LogP contribution in [0.25, 0.3) is 0 Å². The van der Waals surface area contributed by atoms with Gasteiger partial charge in [-0.1, -0.05) is 38.1 Å². The molecule has 11 heteroatoms. The number of rotatable bonds is 9. The molecule has 3 amide bonds. The summed E-state index contributed by atoms with van der Waals surface area (Å²) in [5.41, 5.74) is 13.2. The molecular formula is C28H28FN5O4S. The third-order valence-electron chi connectivity index (χ3n) is 6.13. The Balaban J connectivity index is 1.80. The Morgan fingerprint density at radius 3 is 2.26 bits per heavy atom. The zero-order chi connectivity index (χ0) is 28.3. The van der Waals surface area contributed by atoms with E-state index in [0.717, 1.165) is 17.1 Å². The SMILES string of the molecule is Cc1ccc([C@H](C(=O)NCc2ccc(F)cc2)N(C(=O)c2snc(C(N)=O)c2N)c2ccc(C(C)C)cc2)o1. The molecule has 2 aromatic heterocycles. The van der Waals surface area contributed by atoms with Gasteiger partial charge in [0, 0.05) is 12.2 Å². The lowest BCUT2D eigenvalue weighted by molar-refractivity contribution is -0.123. The number of primary amides is 1. The fraction of sp³-hybridized carbons (Fsp3) is 0.214. The lowest BCUT2D eigenvalue weighted by atomic mass is 10.0. The number of amides is 3. The molecule has 202 valence electrons. The van der Waals surface area contributed by atoms with E-state index < -0.39 is 29.6 Å². The number of nitrogens with one attached hydrogen (secondary N) is 1. The number of anilines is 2. The molecule has 0 radical (unpaired) electrons. The van der Waals surface area contributed by atoms with E-state index in [0.29, 0.717) is 17.0 Å². The highest BCUT2D eigenvalue weighted by Gasteiger charge is 2.37. The molecule has 0 aliphatic rings. The summed E-state index contributed by atoms with van der Waals surface area (Å²) in [6.45, 7) is 5.89. The molecule has 0 saturated heterocycles. The first-order valence-electron chi connectivity index (χ1n) is 12.1. The summed E-state index contributed by atoms with van der Waals surface area (Å²) < 4.78 is 23.1. The van der Waals surface area contributed by atoms with Crippen LogP contribution in [-0.2, 0) is 11.3 Å². The lowest BCUT2D eigenvalue weighted by Crippen LogP contribution is -2.43. The smallest absolute Gasteiger partial charge is 0.273 e. The molecular weight excluding hydrogens is 521 g/mol. The monoisotopic (exact) mass is 549 g/mol. The number of nitrogen functional groups attached to an aromatic ring is 1. The topological polar surface area (TPSA) is 145 Å². The quantitative estimate of drug-likeness (QED) is 0.276. The summed E-state index contributed by atoms with van der Waals surface area (Å²) in [7, 11) is 0. The van der Waals surface area contributed by atoms with Gasteiger partial charge < -0.3 is 21.2 Å². The number of furan rings is 1. The number of aryl methyl sites for hydroxylation is 1. The van der Waals surface area contributed by atoms with Gasteiger partial charge >= 0.3 is 0 Å². The van der Waals surface area contributed by atoms with Crippen LogP contribution in [0.15, 0.2) is 65.1 Å². The van der Waals surface area contributed by atoms with Crippen molar-refractivity contribution < 1.29 is 23.2 Å². The van der Waals surface area contributed by atoms with Crippen LogP contribution < -0.4 is 21.7 Å². The lowest BCUT2D eigenvalue weighted by Gasteiger charge is -2.30. The van der Waals surface area contributed by atoms with Crippen LogP contribution in [0.2, 0.25) is 0 Å². The number of hydrogen-bond acceptors (Lipinski definition) is 7. The van der Waals surface area contributed by atoms with Crippen LogP contribution in [-0.4, -0.2) is 22.1 Å². The predicted molar refractivity (Wildman–Crippen MR) is 147 cm³/mol. The molecule has 0 spiro atoms. The first-order chi connectivity index (χ1) is 18.6. The summed E-state index contributed by atoms with van der Waals surface area (Å²) in [6.07, 6.45) is 0. The van der Waals surface area contributed by atoms with Gasteiger partial charge in [0.25, 0.3) is 17.7 Å². The van der Waals surface area contributed by atoms with E-state index in [4.69, 9.17) is 15.9 Å². The average molecular weight is 550 g/mol. The molecule has 4 aromatic rings. The maximum atomic E-state index is 14.1. The van der Waals surface area contributed by atoms with Crippen LogP contribution in [0.5, 0.6) is 0 Å². The molecule has 2 heterocycles. The zero-order valence-electron chi connectivity index (χ0n) is 21.6. The second-order valence-electron chi connectivity index (χ2n) is 9.25. The van der Waals surface area contributed by atoms with Gasteiger partial charge in [-0.25, -0.2) is 4.39 Å². The molecule has 0 bridgehead atoms. The minimum atomic E-state index is -1.25. The summed E-state index contributed by atoms with van der Waals surface area (Å²) in [6, 6.07) is 14.9. The average Bonchev–Trinajstić information content (AvgIpc) is 3.51. The summed E-state index contributed by atoms with van der Waals surface area (Å²) in [5, 5.41) is 2.82. The highest BCUT2D eigenvalue weighted by molar-refractivity contribution is 7.09. The fourth-order valence-electron chi connectivity index (χ4n) is 4.00. The van der Waals surface area contributed by atoms with Gasteiger partial charge in [0.05, 0.1) is 5.69 Å². The Morgan fingerprint density at radius 1 is 1.05 bits per heavy atom. The van der Waals surface area contributed by atoms with Crippen molar-refractivity contribution in [1.82, 2.24) is 9.69 Å². The summed E-state index contributed by atoms with van der Waals surface area (Å²) >= 11 is 0.720. The number of benzene rings is 2. The second kappa shape index (κ2) is 11.5. The van der Waals surface area contributed by atoms with E-state index in [9.17, 15) is 18.8 Å². The van der Waals surface area contributed by atoms with Gasteiger partial charge in [-0.15, -0.1) is 0 Å². The van der Waals surface area contributed by atoms with Gasteiger partial charge in [-0.05, 0) is 71.9 Å². The van der Waals surface area contributed by atoms with Crippen molar-refractivity contribution in [2.75, 3.05) is 10.6 Å². The standard InChI is InChI=1S/C28H28FN5O4S/c1-15(2)18-7-11-20(12-8-18)34(28(37)25-22(30)23(26(31)35)33-39-25)24(21-13-4-16(3)38-21)27(36)32-14-17-5-9-19(29)10-6-17/h4-13,15,24H,14,30H2,1-3H3,(H2,31,35)(H,32,36)/t24-/m1/s1. The minimum absolute atomic E-state index is 0.0450. The van der Waals surface area contributed by atoms with E-state index in [-0.39, 0.29) is 34.5 Å². The number of carbonyl (C=O) groups excluding carboxylic acids is 3. The van der Waals surface area contributed by atoms with Crippen LogP contribution in [0.3, 0.4) is 0 Å². The van der Waals surface area contributed by atoms with E-state index in [1.54, 1.807) is 43.3 Å².